The van der Waals surface area contributed by atoms with Crippen LogP contribution in [-0.4, -0.2) is 10.9 Å². The zero-order chi connectivity index (χ0) is 10.5. The van der Waals surface area contributed by atoms with Gasteiger partial charge in [-0.1, -0.05) is 0 Å². The summed E-state index contributed by atoms with van der Waals surface area (Å²) in [5.74, 6) is -0.424. The lowest BCUT2D eigenvalue weighted by Crippen LogP contribution is -2.30. The third kappa shape index (κ3) is 1.04. The summed E-state index contributed by atoms with van der Waals surface area (Å²) in [7, 11) is 0. The normalized spacial score (nSPS) is 18.6. The molecule has 1 aliphatic rings. The van der Waals surface area contributed by atoms with E-state index >= 15 is 0 Å². The van der Waals surface area contributed by atoms with Crippen molar-refractivity contribution in [3.05, 3.63) is 23.6 Å². The fraction of sp³-hybridized carbons (Fsp3) is 0.333. The highest BCUT2D eigenvalue weighted by Gasteiger charge is 2.44. The third-order valence-electron chi connectivity index (χ3n) is 2.41. The van der Waals surface area contributed by atoms with Crippen molar-refractivity contribution in [2.24, 2.45) is 0 Å². The third-order valence-corrected chi connectivity index (χ3v) is 2.72. The maximum atomic E-state index is 12.9. The molecule has 0 radical (unpaired) electrons. The molecule has 1 amide bonds. The zero-order valence-corrected chi connectivity index (χ0v) is 8.47. The lowest BCUT2D eigenvalue weighted by atomic mass is 9.87. The molecule has 74 valence electrons. The minimum atomic E-state index is -0.799. The number of halogens is 2. The number of nitrogens with zero attached hydrogens (tertiary/aromatic N) is 2. The molecule has 2 rings (SSSR count). The number of rotatable bonds is 0. The Morgan fingerprint density at radius 1 is 1.57 bits per heavy atom. The molecule has 0 unspecified atom stereocenters. The fourth-order valence-corrected chi connectivity index (χ4v) is 1.85. The van der Waals surface area contributed by atoms with E-state index in [1.807, 2.05) is 0 Å². The van der Waals surface area contributed by atoms with Crippen molar-refractivity contribution in [2.45, 2.75) is 19.3 Å². The Morgan fingerprint density at radius 3 is 2.86 bits per heavy atom. The van der Waals surface area contributed by atoms with E-state index in [0.29, 0.717) is 11.4 Å². The summed E-state index contributed by atoms with van der Waals surface area (Å²) in [6.45, 7) is 3.38. The predicted molar refractivity (Wildman–Crippen MR) is 50.6 cm³/mol. The maximum Gasteiger partial charge on any atom is 0.253 e. The van der Waals surface area contributed by atoms with Gasteiger partial charge in [-0.15, -0.1) is 0 Å². The topological polar surface area (TPSA) is 33.2 Å². The second kappa shape index (κ2) is 2.67. The van der Waals surface area contributed by atoms with Crippen LogP contribution in [0.5, 0.6) is 0 Å². The van der Waals surface area contributed by atoms with Gasteiger partial charge in [0.05, 0.1) is 11.6 Å². The number of anilines is 1. The molecule has 1 aliphatic heterocycles. The summed E-state index contributed by atoms with van der Waals surface area (Å²) in [4.78, 5) is 15.4. The van der Waals surface area contributed by atoms with Crippen LogP contribution in [-0.2, 0) is 10.2 Å². The molecule has 0 saturated carbocycles. The lowest BCUT2D eigenvalue weighted by molar-refractivity contribution is -0.121. The van der Waals surface area contributed by atoms with Crippen molar-refractivity contribution in [2.75, 3.05) is 4.42 Å². The average Bonchev–Trinajstić information content (AvgIpc) is 2.29. The molecule has 0 saturated heterocycles. The number of hydrogen-bond acceptors (Lipinski definition) is 2. The molecule has 2 heterocycles. The highest BCUT2D eigenvalue weighted by Crippen LogP contribution is 2.41. The number of hydrogen-bond donors (Lipinski definition) is 0. The van der Waals surface area contributed by atoms with Gasteiger partial charge in [-0.2, -0.15) is 0 Å². The Morgan fingerprint density at radius 2 is 2.21 bits per heavy atom. The molecule has 3 nitrogen and oxygen atoms in total. The van der Waals surface area contributed by atoms with Crippen LogP contribution >= 0.6 is 11.8 Å². The molecular formula is C9H8ClFN2O. The first kappa shape index (κ1) is 9.40. The first-order valence-corrected chi connectivity index (χ1v) is 4.45. The first-order valence-electron chi connectivity index (χ1n) is 4.11. The number of aromatic nitrogens is 1. The summed E-state index contributed by atoms with van der Waals surface area (Å²) >= 11 is 5.73. The van der Waals surface area contributed by atoms with Crippen LogP contribution in [0.3, 0.4) is 0 Å². The largest absolute Gasteiger partial charge is 0.272 e. The molecule has 5 heteroatoms. The van der Waals surface area contributed by atoms with Crippen molar-refractivity contribution in [3.63, 3.8) is 0 Å². The molecule has 14 heavy (non-hydrogen) atoms. The van der Waals surface area contributed by atoms with E-state index in [9.17, 15) is 9.18 Å². The second-order valence-electron chi connectivity index (χ2n) is 3.74. The van der Waals surface area contributed by atoms with Crippen LogP contribution in [0.2, 0.25) is 0 Å². The Kier molecular flexibility index (Phi) is 1.79. The number of pyridine rings is 1. The summed E-state index contributed by atoms with van der Waals surface area (Å²) in [5, 5.41) is 0. The second-order valence-corrected chi connectivity index (χ2v) is 4.07. The fourth-order valence-electron chi connectivity index (χ4n) is 1.51. The maximum absolute atomic E-state index is 12.9. The minimum Gasteiger partial charge on any atom is -0.272 e. The molecule has 0 fully saturated rings. The number of fused-ring (bicyclic) bond motifs is 1. The highest BCUT2D eigenvalue weighted by molar-refractivity contribution is 6.39. The average molecular weight is 215 g/mol. The van der Waals surface area contributed by atoms with Gasteiger partial charge in [0.2, 0.25) is 0 Å². The minimum absolute atomic E-state index is 0.285. The summed E-state index contributed by atoms with van der Waals surface area (Å²) < 4.78 is 13.9. The molecule has 0 aromatic carbocycles. The quantitative estimate of drug-likeness (QED) is 0.619. The van der Waals surface area contributed by atoms with E-state index in [1.165, 1.54) is 6.07 Å². The summed E-state index contributed by atoms with van der Waals surface area (Å²) in [5.41, 5.74) is -0.274. The van der Waals surface area contributed by atoms with Crippen LogP contribution < -0.4 is 4.42 Å². The number of carbonyl (C=O) groups excluding carboxylic acids is 1. The molecular weight excluding hydrogens is 207 g/mol. The van der Waals surface area contributed by atoms with Gasteiger partial charge < -0.3 is 0 Å². The Bertz CT molecular complexity index is 419. The van der Waals surface area contributed by atoms with E-state index in [1.54, 1.807) is 13.8 Å². The highest BCUT2D eigenvalue weighted by atomic mass is 35.5. The number of carbonyl (C=O) groups is 1. The monoisotopic (exact) mass is 214 g/mol. The molecule has 1 aromatic heterocycles. The van der Waals surface area contributed by atoms with Gasteiger partial charge in [-0.25, -0.2) is 13.8 Å². The molecule has 0 bridgehead atoms. The zero-order valence-electron chi connectivity index (χ0n) is 7.71. The van der Waals surface area contributed by atoms with Gasteiger partial charge in [0, 0.05) is 17.3 Å². The van der Waals surface area contributed by atoms with E-state index in [2.05, 4.69) is 4.98 Å². The van der Waals surface area contributed by atoms with Crippen molar-refractivity contribution in [1.82, 2.24) is 4.98 Å². The van der Waals surface area contributed by atoms with Crippen molar-refractivity contribution < 1.29 is 9.18 Å². The predicted octanol–water partition coefficient (Wildman–Crippen LogP) is 2.00. The van der Waals surface area contributed by atoms with Crippen LogP contribution in [0.1, 0.15) is 19.4 Å². The van der Waals surface area contributed by atoms with Crippen LogP contribution in [0.15, 0.2) is 12.3 Å². The Balaban J connectivity index is 2.69. The molecule has 0 N–H and O–H groups in total. The molecule has 0 aliphatic carbocycles. The van der Waals surface area contributed by atoms with Gasteiger partial charge in [-0.05, 0) is 19.9 Å². The molecule has 0 atom stereocenters. The SMILES string of the molecule is CC1(C)C(=O)N(Cl)c2ncc(F)cc21. The Hall–Kier alpha value is -1.16. The van der Waals surface area contributed by atoms with Crippen LogP contribution in [0, 0.1) is 5.82 Å². The van der Waals surface area contributed by atoms with Gasteiger partial charge in [0.25, 0.3) is 5.91 Å². The first-order chi connectivity index (χ1) is 6.44. The van der Waals surface area contributed by atoms with Crippen molar-refractivity contribution in [1.29, 1.82) is 0 Å². The lowest BCUT2D eigenvalue weighted by Gasteiger charge is -2.14. The van der Waals surface area contributed by atoms with Gasteiger partial charge in [-0.3, -0.25) is 4.79 Å². The van der Waals surface area contributed by atoms with Gasteiger partial charge in [0.15, 0.2) is 5.82 Å². The standard InChI is InChI=1S/C9H8ClFN2O/c1-9(2)6-3-5(11)4-12-7(6)13(10)8(9)14/h3-4H,1-2H3. The Labute approximate surface area is 85.6 Å². The van der Waals surface area contributed by atoms with Crippen LogP contribution in [0.25, 0.3) is 0 Å². The van der Waals surface area contributed by atoms with Crippen molar-refractivity contribution >= 4 is 23.5 Å². The number of amides is 1. The summed E-state index contributed by atoms with van der Waals surface area (Å²) in [6.07, 6.45) is 1.04. The van der Waals surface area contributed by atoms with Gasteiger partial charge >= 0.3 is 0 Å². The van der Waals surface area contributed by atoms with E-state index in [-0.39, 0.29) is 5.91 Å². The van der Waals surface area contributed by atoms with E-state index in [0.717, 1.165) is 10.6 Å². The molecule has 0 spiro atoms. The summed E-state index contributed by atoms with van der Waals surface area (Å²) in [6, 6.07) is 1.29. The van der Waals surface area contributed by atoms with Gasteiger partial charge in [0.1, 0.15) is 5.82 Å². The smallest absolute Gasteiger partial charge is 0.253 e. The van der Waals surface area contributed by atoms with E-state index < -0.39 is 11.2 Å². The molecule has 1 aromatic rings. The van der Waals surface area contributed by atoms with E-state index in [4.69, 9.17) is 11.8 Å². The van der Waals surface area contributed by atoms with Crippen LogP contribution in [0.4, 0.5) is 10.2 Å². The van der Waals surface area contributed by atoms with Crippen molar-refractivity contribution in [3.8, 4) is 0 Å².